The third-order valence-corrected chi connectivity index (χ3v) is 4.37. The van der Waals surface area contributed by atoms with Crippen molar-refractivity contribution < 1.29 is 13.6 Å². The van der Waals surface area contributed by atoms with Crippen LogP contribution in [0.2, 0.25) is 0 Å². The number of rotatable bonds is 5. The van der Waals surface area contributed by atoms with E-state index in [0.29, 0.717) is 36.5 Å². The summed E-state index contributed by atoms with van der Waals surface area (Å²) < 4.78 is 19.0. The summed E-state index contributed by atoms with van der Waals surface area (Å²) in [6.07, 6.45) is 3.82. The lowest BCUT2D eigenvalue weighted by molar-refractivity contribution is 0.0894. The van der Waals surface area contributed by atoms with E-state index in [0.717, 1.165) is 19.4 Å². The largest absolute Gasteiger partial charge is 0.448 e. The zero-order chi connectivity index (χ0) is 16.9. The Labute approximate surface area is 140 Å². The van der Waals surface area contributed by atoms with Gasteiger partial charge in [0.05, 0.1) is 0 Å². The SMILES string of the molecule is CCc1ocnc1C(=O)N[C@H]1CCCN(Cc2ccccc2F)C1. The second kappa shape index (κ2) is 7.57. The van der Waals surface area contributed by atoms with Gasteiger partial charge in [-0.3, -0.25) is 9.69 Å². The fourth-order valence-electron chi connectivity index (χ4n) is 3.14. The zero-order valence-corrected chi connectivity index (χ0v) is 13.8. The first kappa shape index (κ1) is 16.6. The minimum absolute atomic E-state index is 0.0411. The van der Waals surface area contributed by atoms with Crippen molar-refractivity contribution in [3.8, 4) is 0 Å². The maximum absolute atomic E-state index is 13.8. The van der Waals surface area contributed by atoms with Crippen molar-refractivity contribution in [1.29, 1.82) is 0 Å². The Morgan fingerprint density at radius 3 is 3.08 bits per heavy atom. The number of aromatic nitrogens is 1. The van der Waals surface area contributed by atoms with Crippen LogP contribution < -0.4 is 5.32 Å². The van der Waals surface area contributed by atoms with Gasteiger partial charge in [0.25, 0.3) is 5.91 Å². The molecule has 1 amide bonds. The summed E-state index contributed by atoms with van der Waals surface area (Å²) in [4.78, 5) is 18.5. The summed E-state index contributed by atoms with van der Waals surface area (Å²) >= 11 is 0. The zero-order valence-electron chi connectivity index (χ0n) is 13.8. The van der Waals surface area contributed by atoms with Gasteiger partial charge in [0.1, 0.15) is 11.6 Å². The van der Waals surface area contributed by atoms with Crippen LogP contribution in [0.1, 0.15) is 41.6 Å². The molecule has 128 valence electrons. The number of piperidine rings is 1. The van der Waals surface area contributed by atoms with Crippen molar-refractivity contribution in [1.82, 2.24) is 15.2 Å². The average Bonchev–Trinajstić information content (AvgIpc) is 3.06. The van der Waals surface area contributed by atoms with Crippen LogP contribution >= 0.6 is 0 Å². The number of halogens is 1. The van der Waals surface area contributed by atoms with Gasteiger partial charge in [-0.15, -0.1) is 0 Å². The molecule has 0 spiro atoms. The molecule has 2 heterocycles. The average molecular weight is 331 g/mol. The van der Waals surface area contributed by atoms with E-state index < -0.39 is 0 Å². The van der Waals surface area contributed by atoms with Crippen LogP contribution in [0.3, 0.4) is 0 Å². The number of nitrogens with zero attached hydrogens (tertiary/aromatic N) is 2. The quantitative estimate of drug-likeness (QED) is 0.915. The summed E-state index contributed by atoms with van der Waals surface area (Å²) in [7, 11) is 0. The number of hydrogen-bond donors (Lipinski definition) is 1. The summed E-state index contributed by atoms with van der Waals surface area (Å²) in [6.45, 7) is 4.10. The van der Waals surface area contributed by atoms with Gasteiger partial charge in [0, 0.05) is 31.1 Å². The second-order valence-electron chi connectivity index (χ2n) is 6.12. The fourth-order valence-corrected chi connectivity index (χ4v) is 3.14. The van der Waals surface area contributed by atoms with Crippen LogP contribution in [0.5, 0.6) is 0 Å². The third-order valence-electron chi connectivity index (χ3n) is 4.37. The van der Waals surface area contributed by atoms with E-state index in [1.165, 1.54) is 12.5 Å². The molecule has 24 heavy (non-hydrogen) atoms. The Hall–Kier alpha value is -2.21. The van der Waals surface area contributed by atoms with Crippen molar-refractivity contribution in [2.24, 2.45) is 0 Å². The number of oxazole rings is 1. The van der Waals surface area contributed by atoms with Crippen molar-refractivity contribution >= 4 is 5.91 Å². The molecule has 0 saturated carbocycles. The lowest BCUT2D eigenvalue weighted by atomic mass is 10.0. The topological polar surface area (TPSA) is 58.4 Å². The second-order valence-corrected chi connectivity index (χ2v) is 6.12. The predicted molar refractivity (Wildman–Crippen MR) is 88.0 cm³/mol. The highest BCUT2D eigenvalue weighted by Gasteiger charge is 2.24. The van der Waals surface area contributed by atoms with Gasteiger partial charge in [-0.05, 0) is 25.5 Å². The minimum atomic E-state index is -0.196. The Morgan fingerprint density at radius 2 is 2.29 bits per heavy atom. The fraction of sp³-hybridized carbons (Fsp3) is 0.444. The Kier molecular flexibility index (Phi) is 5.25. The molecule has 3 rings (SSSR count). The maximum Gasteiger partial charge on any atom is 0.273 e. The Balaban J connectivity index is 1.59. The van der Waals surface area contributed by atoms with Crippen LogP contribution in [0.25, 0.3) is 0 Å². The van der Waals surface area contributed by atoms with E-state index in [1.54, 1.807) is 12.1 Å². The van der Waals surface area contributed by atoms with Crippen LogP contribution in [0.4, 0.5) is 4.39 Å². The smallest absolute Gasteiger partial charge is 0.273 e. The molecule has 1 aliphatic rings. The summed E-state index contributed by atoms with van der Waals surface area (Å²) in [5, 5.41) is 3.03. The predicted octanol–water partition coefficient (Wildman–Crippen LogP) is 2.77. The molecule has 0 bridgehead atoms. The van der Waals surface area contributed by atoms with E-state index in [2.05, 4.69) is 15.2 Å². The van der Waals surface area contributed by atoms with Crippen molar-refractivity contribution in [3.63, 3.8) is 0 Å². The molecule has 0 radical (unpaired) electrons. The first-order chi connectivity index (χ1) is 11.7. The Morgan fingerprint density at radius 1 is 1.46 bits per heavy atom. The Bertz CT molecular complexity index is 701. The van der Waals surface area contributed by atoms with Gasteiger partial charge in [-0.1, -0.05) is 25.1 Å². The van der Waals surface area contributed by atoms with Crippen LogP contribution in [-0.2, 0) is 13.0 Å². The van der Waals surface area contributed by atoms with Gasteiger partial charge < -0.3 is 9.73 Å². The highest BCUT2D eigenvalue weighted by molar-refractivity contribution is 5.93. The standard InChI is InChI=1S/C18H22FN3O2/c1-2-16-17(20-12-24-16)18(23)21-14-7-5-9-22(11-14)10-13-6-3-4-8-15(13)19/h3-4,6,8,12,14H,2,5,7,9-11H2,1H3,(H,21,23)/t14-/m0/s1. The van der Waals surface area contributed by atoms with Gasteiger partial charge in [0.15, 0.2) is 12.1 Å². The molecule has 1 N–H and O–H groups in total. The molecule has 1 aliphatic heterocycles. The minimum Gasteiger partial charge on any atom is -0.448 e. The third kappa shape index (κ3) is 3.82. The number of carbonyl (C=O) groups excluding carboxylic acids is 1. The molecule has 6 heteroatoms. The van der Waals surface area contributed by atoms with Crippen LogP contribution in [0.15, 0.2) is 35.1 Å². The number of hydrogen-bond acceptors (Lipinski definition) is 4. The molecule has 1 atom stereocenters. The molecular weight excluding hydrogens is 309 g/mol. The van der Waals surface area contributed by atoms with E-state index in [9.17, 15) is 9.18 Å². The van der Waals surface area contributed by atoms with Crippen LogP contribution in [0, 0.1) is 5.82 Å². The summed E-state index contributed by atoms with van der Waals surface area (Å²) in [5.74, 6) is 0.226. The maximum atomic E-state index is 13.8. The monoisotopic (exact) mass is 331 g/mol. The molecule has 5 nitrogen and oxygen atoms in total. The number of carbonyl (C=O) groups is 1. The molecule has 1 fully saturated rings. The van der Waals surface area contributed by atoms with E-state index in [-0.39, 0.29) is 17.8 Å². The van der Waals surface area contributed by atoms with Gasteiger partial charge >= 0.3 is 0 Å². The number of nitrogens with one attached hydrogen (secondary N) is 1. The lowest BCUT2D eigenvalue weighted by Crippen LogP contribution is -2.47. The van der Waals surface area contributed by atoms with Gasteiger partial charge in [-0.25, -0.2) is 9.37 Å². The highest BCUT2D eigenvalue weighted by Crippen LogP contribution is 2.16. The number of benzene rings is 1. The molecule has 0 aliphatic carbocycles. The lowest BCUT2D eigenvalue weighted by Gasteiger charge is -2.33. The molecule has 2 aromatic rings. The van der Waals surface area contributed by atoms with Crippen molar-refractivity contribution in [2.45, 2.75) is 38.8 Å². The molecule has 1 aromatic heterocycles. The molecule has 0 unspecified atom stereocenters. The molecule has 1 aromatic carbocycles. The van der Waals surface area contributed by atoms with E-state index >= 15 is 0 Å². The van der Waals surface area contributed by atoms with Gasteiger partial charge in [0.2, 0.25) is 0 Å². The first-order valence-electron chi connectivity index (χ1n) is 8.36. The number of amides is 1. The summed E-state index contributed by atoms with van der Waals surface area (Å²) in [5.41, 5.74) is 1.05. The number of aryl methyl sites for hydroxylation is 1. The van der Waals surface area contributed by atoms with Crippen LogP contribution in [-0.4, -0.2) is 34.9 Å². The molecule has 1 saturated heterocycles. The van der Waals surface area contributed by atoms with E-state index in [1.807, 2.05) is 13.0 Å². The summed E-state index contributed by atoms with van der Waals surface area (Å²) in [6, 6.07) is 6.87. The number of likely N-dealkylation sites (tertiary alicyclic amines) is 1. The van der Waals surface area contributed by atoms with Crippen molar-refractivity contribution in [2.75, 3.05) is 13.1 Å². The first-order valence-corrected chi connectivity index (χ1v) is 8.36. The normalized spacial score (nSPS) is 18.5. The highest BCUT2D eigenvalue weighted by atomic mass is 19.1. The van der Waals surface area contributed by atoms with Gasteiger partial charge in [-0.2, -0.15) is 0 Å². The van der Waals surface area contributed by atoms with E-state index in [4.69, 9.17) is 4.42 Å². The molecular formula is C18H22FN3O2. The van der Waals surface area contributed by atoms with Crippen molar-refractivity contribution in [3.05, 3.63) is 53.5 Å².